The Morgan fingerprint density at radius 2 is 1.96 bits per heavy atom. The lowest BCUT2D eigenvalue weighted by Gasteiger charge is -2.39. The Labute approximate surface area is 137 Å². The van der Waals surface area contributed by atoms with Gasteiger partial charge in [0.05, 0.1) is 6.04 Å². The van der Waals surface area contributed by atoms with Crippen LogP contribution in [0.2, 0.25) is 0 Å². The van der Waals surface area contributed by atoms with Crippen molar-refractivity contribution in [3.63, 3.8) is 0 Å². The van der Waals surface area contributed by atoms with Crippen LogP contribution >= 0.6 is 0 Å². The molecule has 0 saturated carbocycles. The summed E-state index contributed by atoms with van der Waals surface area (Å²) in [5, 5.41) is 0. The minimum absolute atomic E-state index is 0.0716. The largest absolute Gasteiger partial charge is 0.368 e. The van der Waals surface area contributed by atoms with Gasteiger partial charge in [-0.1, -0.05) is 13.8 Å². The van der Waals surface area contributed by atoms with E-state index in [0.29, 0.717) is 6.04 Å². The predicted octanol–water partition coefficient (Wildman–Crippen LogP) is 2.16. The summed E-state index contributed by atoms with van der Waals surface area (Å²) < 4.78 is 13.3. The Bertz CT molecular complexity index is 582. The van der Waals surface area contributed by atoms with Gasteiger partial charge in [0.1, 0.15) is 5.82 Å². The molecule has 0 aliphatic carbocycles. The van der Waals surface area contributed by atoms with E-state index in [1.54, 1.807) is 6.07 Å². The molecule has 1 fully saturated rings. The van der Waals surface area contributed by atoms with Gasteiger partial charge in [-0.25, -0.2) is 4.39 Å². The molecule has 1 saturated heterocycles. The van der Waals surface area contributed by atoms with Crippen molar-refractivity contribution in [2.24, 2.45) is 11.7 Å². The van der Waals surface area contributed by atoms with Crippen LogP contribution in [0.25, 0.3) is 0 Å². The van der Waals surface area contributed by atoms with Crippen LogP contribution in [0.5, 0.6) is 0 Å². The van der Waals surface area contributed by atoms with Crippen LogP contribution < -0.4 is 10.6 Å². The van der Waals surface area contributed by atoms with Gasteiger partial charge in [0.2, 0.25) is 5.91 Å². The van der Waals surface area contributed by atoms with E-state index in [-0.39, 0.29) is 17.6 Å². The second-order valence-electron chi connectivity index (χ2n) is 7.04. The zero-order chi connectivity index (χ0) is 16.6. The molecule has 2 aliphatic rings. The van der Waals surface area contributed by atoms with Gasteiger partial charge in [-0.3, -0.25) is 4.79 Å². The Morgan fingerprint density at radius 3 is 2.61 bits per heavy atom. The number of hydrogen-bond acceptors (Lipinski definition) is 3. The minimum atomic E-state index is -0.401. The summed E-state index contributed by atoms with van der Waals surface area (Å²) in [6.45, 7) is 6.43. The van der Waals surface area contributed by atoms with Crippen molar-refractivity contribution in [3.05, 3.63) is 29.6 Å². The average molecular weight is 319 g/mol. The third-order valence-electron chi connectivity index (χ3n) is 5.19. The van der Waals surface area contributed by atoms with E-state index in [9.17, 15) is 9.18 Å². The topological polar surface area (TPSA) is 49.6 Å². The second-order valence-corrected chi connectivity index (χ2v) is 7.04. The fraction of sp³-hybridized carbons (Fsp3) is 0.611. The zero-order valence-corrected chi connectivity index (χ0v) is 14.0. The molecule has 1 atom stereocenters. The Kier molecular flexibility index (Phi) is 4.57. The van der Waals surface area contributed by atoms with Crippen LogP contribution in [0.4, 0.5) is 10.1 Å². The summed E-state index contributed by atoms with van der Waals surface area (Å²) in [6.07, 6.45) is 2.81. The van der Waals surface area contributed by atoms with E-state index < -0.39 is 6.04 Å². The maximum Gasteiger partial charge on any atom is 0.239 e. The number of carbonyl (C=O) groups excluding carboxylic acids is 1. The number of benzene rings is 1. The standard InChI is InChI=1S/C18H26FN3O/c1-12(2)17(20)18(23)21-8-6-15(7-9-21)22-10-5-13-11-14(19)3-4-16(13)22/h3-4,11-12,15,17H,5-10,20H2,1-2H3/t17-/m0/s1. The van der Waals surface area contributed by atoms with Gasteiger partial charge in [-0.05, 0) is 48.9 Å². The third-order valence-corrected chi connectivity index (χ3v) is 5.19. The lowest BCUT2D eigenvalue weighted by atomic mass is 9.99. The van der Waals surface area contributed by atoms with Gasteiger partial charge < -0.3 is 15.5 Å². The van der Waals surface area contributed by atoms with E-state index in [1.165, 1.54) is 6.07 Å². The Hall–Kier alpha value is -1.62. The smallest absolute Gasteiger partial charge is 0.239 e. The number of nitrogens with two attached hydrogens (primary N) is 1. The summed E-state index contributed by atoms with van der Waals surface area (Å²) >= 11 is 0. The Morgan fingerprint density at radius 1 is 1.26 bits per heavy atom. The van der Waals surface area contributed by atoms with E-state index >= 15 is 0 Å². The van der Waals surface area contributed by atoms with Crippen molar-refractivity contribution in [1.29, 1.82) is 0 Å². The Balaban J connectivity index is 1.62. The molecule has 0 spiro atoms. The number of fused-ring (bicyclic) bond motifs is 1. The first-order chi connectivity index (χ1) is 11.0. The molecule has 1 aromatic rings. The van der Waals surface area contributed by atoms with Gasteiger partial charge in [-0.2, -0.15) is 0 Å². The van der Waals surface area contributed by atoms with Gasteiger partial charge >= 0.3 is 0 Å². The van der Waals surface area contributed by atoms with Crippen LogP contribution in [-0.4, -0.2) is 42.5 Å². The monoisotopic (exact) mass is 319 g/mol. The molecule has 23 heavy (non-hydrogen) atoms. The van der Waals surface area contributed by atoms with Crippen molar-refractivity contribution in [2.75, 3.05) is 24.5 Å². The van der Waals surface area contributed by atoms with Crippen molar-refractivity contribution < 1.29 is 9.18 Å². The first kappa shape index (κ1) is 16.2. The highest BCUT2D eigenvalue weighted by molar-refractivity contribution is 5.82. The molecular weight excluding hydrogens is 293 g/mol. The minimum Gasteiger partial charge on any atom is -0.368 e. The molecule has 0 aromatic heterocycles. The maximum absolute atomic E-state index is 13.3. The highest BCUT2D eigenvalue weighted by Gasteiger charge is 2.32. The molecule has 2 N–H and O–H groups in total. The zero-order valence-electron chi connectivity index (χ0n) is 14.0. The van der Waals surface area contributed by atoms with E-state index in [1.807, 2.05) is 24.8 Å². The number of piperidine rings is 1. The molecule has 2 aliphatic heterocycles. The number of hydrogen-bond donors (Lipinski definition) is 1. The van der Waals surface area contributed by atoms with E-state index in [4.69, 9.17) is 5.73 Å². The molecule has 1 amide bonds. The third kappa shape index (κ3) is 3.20. The lowest BCUT2D eigenvalue weighted by molar-refractivity contribution is -0.134. The van der Waals surface area contributed by atoms with Crippen molar-refractivity contribution >= 4 is 11.6 Å². The summed E-state index contributed by atoms with van der Waals surface area (Å²) in [7, 11) is 0. The summed E-state index contributed by atoms with van der Waals surface area (Å²) in [6, 6.07) is 5.11. The highest BCUT2D eigenvalue weighted by atomic mass is 19.1. The highest BCUT2D eigenvalue weighted by Crippen LogP contribution is 2.33. The number of nitrogens with zero attached hydrogens (tertiary/aromatic N) is 2. The molecule has 3 rings (SSSR count). The van der Waals surface area contributed by atoms with Crippen LogP contribution in [0, 0.1) is 11.7 Å². The fourth-order valence-corrected chi connectivity index (χ4v) is 3.67. The lowest BCUT2D eigenvalue weighted by Crippen LogP contribution is -2.52. The van der Waals surface area contributed by atoms with Gasteiger partial charge in [0, 0.05) is 31.4 Å². The van der Waals surface area contributed by atoms with Crippen LogP contribution in [0.3, 0.4) is 0 Å². The average Bonchev–Trinajstić information content (AvgIpc) is 2.96. The molecule has 1 aromatic carbocycles. The number of carbonyl (C=O) groups is 1. The van der Waals surface area contributed by atoms with Crippen molar-refractivity contribution in [1.82, 2.24) is 4.90 Å². The van der Waals surface area contributed by atoms with Crippen molar-refractivity contribution in [3.8, 4) is 0 Å². The molecule has 4 nitrogen and oxygen atoms in total. The number of likely N-dealkylation sites (tertiary alicyclic amines) is 1. The predicted molar refractivity (Wildman–Crippen MR) is 89.9 cm³/mol. The number of anilines is 1. The summed E-state index contributed by atoms with van der Waals surface area (Å²) in [5.41, 5.74) is 8.25. The number of rotatable bonds is 3. The fourth-order valence-electron chi connectivity index (χ4n) is 3.67. The SMILES string of the molecule is CC(C)[C@H](N)C(=O)N1CCC(N2CCc3cc(F)ccc32)CC1. The van der Waals surface area contributed by atoms with Crippen molar-refractivity contribution in [2.45, 2.75) is 45.2 Å². The van der Waals surface area contributed by atoms with Crippen LogP contribution in [0.15, 0.2) is 18.2 Å². The normalized spacial score (nSPS) is 20.0. The van der Waals surface area contributed by atoms with Gasteiger partial charge in [0.25, 0.3) is 0 Å². The molecule has 0 radical (unpaired) electrons. The van der Waals surface area contributed by atoms with E-state index in [0.717, 1.165) is 50.1 Å². The molecular formula is C18H26FN3O. The first-order valence-corrected chi connectivity index (χ1v) is 8.57. The molecule has 126 valence electrons. The summed E-state index contributed by atoms with van der Waals surface area (Å²) in [5.74, 6) is 0.0802. The first-order valence-electron chi connectivity index (χ1n) is 8.57. The van der Waals surface area contributed by atoms with Crippen LogP contribution in [-0.2, 0) is 11.2 Å². The molecule has 0 unspecified atom stereocenters. The van der Waals surface area contributed by atoms with Gasteiger partial charge in [-0.15, -0.1) is 0 Å². The molecule has 0 bridgehead atoms. The van der Waals surface area contributed by atoms with Gasteiger partial charge in [0.15, 0.2) is 0 Å². The number of halogens is 1. The maximum atomic E-state index is 13.3. The molecule has 2 heterocycles. The molecule has 5 heteroatoms. The number of amides is 1. The van der Waals surface area contributed by atoms with Crippen LogP contribution in [0.1, 0.15) is 32.3 Å². The van der Waals surface area contributed by atoms with E-state index in [2.05, 4.69) is 4.90 Å². The second kappa shape index (κ2) is 6.48. The summed E-state index contributed by atoms with van der Waals surface area (Å²) in [4.78, 5) is 16.6. The quantitative estimate of drug-likeness (QED) is 0.929.